The summed E-state index contributed by atoms with van der Waals surface area (Å²) in [4.78, 5) is 33.5. The van der Waals surface area contributed by atoms with Gasteiger partial charge >= 0.3 is 113 Å². The maximum Gasteiger partial charge on any atom is 1.00 e. The number of hydrogen-bond acceptors (Lipinski definition) is 12. The quantitative estimate of drug-likeness (QED) is 0.146. The smallest absolute Gasteiger partial charge is 0.868 e. The average Bonchev–Trinajstić information content (AvgIpc) is 1.33. The van der Waals surface area contributed by atoms with Crippen molar-refractivity contribution >= 4 is 174 Å². The SMILES string of the molecule is [Li+].[Li+].[Li+].[Li+].[Li+].[Li+].[O-]c1c(-c2c3ccccc3c(-c3ccc4ccc[nH+]c4c3[O-])c3cc(-c4nc5ccccc5o4)ccc23)ccc2ccc[nH+]c12.[O-]c1c(-c2c3ccccc3c(-c3ccc4ccc[nH+]c4c3[O-])c3cc(-c4nc5ccccc5s4)ccc23)ccc2ccc[nH+]c12.[O-]c1ccc(-c2c3ccccc3c(-c3ccc([O-])c4[nH+]cccc34)c3cc(-c4nc5ccccc5o4)ccc23)c2ccc[nH+]c12. The molecule has 0 saturated carbocycles. The number of fused-ring (bicyclic) bond motifs is 15. The van der Waals surface area contributed by atoms with Crippen LogP contribution in [0.15, 0.2) is 392 Å². The van der Waals surface area contributed by atoms with Crippen LogP contribution in [-0.4, -0.2) is 15.0 Å². The first-order valence-electron chi connectivity index (χ1n) is 44.1. The topological polar surface area (TPSA) is 288 Å². The van der Waals surface area contributed by atoms with Crippen LogP contribution in [0.4, 0.5) is 0 Å². The first kappa shape index (κ1) is 95.1. The predicted molar refractivity (Wildman–Crippen MR) is 523 cm³/mol. The number of aromatic amines is 6. The second-order valence-electron chi connectivity index (χ2n) is 33.6. The first-order chi connectivity index (χ1) is 66.5. The van der Waals surface area contributed by atoms with Crippen LogP contribution < -0.4 is 174 Å². The third-order valence-corrected chi connectivity index (χ3v) is 27.1. The van der Waals surface area contributed by atoms with Crippen LogP contribution in [0.3, 0.4) is 0 Å². The number of hydrogen-bond donors (Lipinski definition) is 0. The third-order valence-electron chi connectivity index (χ3n) is 26.1. The van der Waals surface area contributed by atoms with Crippen molar-refractivity contribution < 1.29 is 183 Å². The van der Waals surface area contributed by atoms with Crippen LogP contribution in [0.5, 0.6) is 34.5 Å². The molecule has 9 heterocycles. The predicted octanol–water partition coefficient (Wildman–Crippen LogP) is 4.14. The van der Waals surface area contributed by atoms with Gasteiger partial charge in [0.2, 0.25) is 44.9 Å². The molecule has 0 atom stereocenters. The van der Waals surface area contributed by atoms with Gasteiger partial charge in [-0.1, -0.05) is 182 Å². The van der Waals surface area contributed by atoms with Crippen LogP contribution in [0.1, 0.15) is 0 Å². The van der Waals surface area contributed by atoms with Crippen molar-refractivity contribution in [1.29, 1.82) is 0 Å². The Labute approximate surface area is 880 Å². The Hall–Kier alpha value is -14.8. The zero-order chi connectivity index (χ0) is 90.2. The fourth-order valence-corrected chi connectivity index (χ4v) is 20.9. The van der Waals surface area contributed by atoms with Gasteiger partial charge in [-0.05, 0) is 293 Å². The van der Waals surface area contributed by atoms with E-state index in [2.05, 4.69) is 78.4 Å². The van der Waals surface area contributed by atoms with E-state index in [1.54, 1.807) is 60.7 Å². The number of rotatable bonds is 9. The molecule has 0 bridgehead atoms. The molecule has 24 heteroatoms. The van der Waals surface area contributed by atoms with Crippen LogP contribution in [0.2, 0.25) is 0 Å². The summed E-state index contributed by atoms with van der Waals surface area (Å²) in [6.45, 7) is 0. The summed E-state index contributed by atoms with van der Waals surface area (Å²) in [5, 5.41) is 99.3. The first-order valence-corrected chi connectivity index (χ1v) is 45.0. The minimum atomic E-state index is -0.0932. The van der Waals surface area contributed by atoms with Crippen molar-refractivity contribution in [3.8, 4) is 135 Å². The maximum atomic E-state index is 14.1. The Balaban J connectivity index is 0.000000132. The monoisotopic (exact) mass is 1800 g/mol. The van der Waals surface area contributed by atoms with E-state index >= 15 is 0 Å². The number of benzene rings is 18. The number of pyridine rings is 6. The van der Waals surface area contributed by atoms with Crippen molar-refractivity contribution in [2.24, 2.45) is 0 Å². The zero-order valence-corrected chi connectivity index (χ0v) is 78.2. The molecule has 0 amide bonds. The van der Waals surface area contributed by atoms with Gasteiger partial charge in [0.15, 0.2) is 48.3 Å². The Kier molecular flexibility index (Phi) is 26.4. The van der Waals surface area contributed by atoms with E-state index in [4.69, 9.17) is 23.8 Å². The summed E-state index contributed by atoms with van der Waals surface area (Å²) in [7, 11) is 0. The van der Waals surface area contributed by atoms with Crippen molar-refractivity contribution in [2.75, 3.05) is 0 Å². The third kappa shape index (κ3) is 16.2. The number of oxazole rings is 2. The van der Waals surface area contributed by atoms with Gasteiger partial charge in [-0.2, -0.15) is 0 Å². The summed E-state index contributed by atoms with van der Waals surface area (Å²) < 4.78 is 13.5. The molecule has 27 rings (SSSR count). The molecule has 27 aromatic rings. The average molecular weight is 1800 g/mol. The molecule has 0 spiro atoms. The van der Waals surface area contributed by atoms with Crippen molar-refractivity contribution in [3.05, 3.63) is 383 Å². The summed E-state index contributed by atoms with van der Waals surface area (Å²) >= 11 is 1.64. The normalized spacial score (nSPS) is 11.2. The number of nitrogens with zero attached hydrogens (tertiary/aromatic N) is 3. The molecule has 0 aliphatic rings. The molecule has 6 N–H and O–H groups in total. The fraction of sp³-hybridized carbons (Fsp3) is 0. The van der Waals surface area contributed by atoms with Crippen LogP contribution in [-0.2, 0) is 0 Å². The van der Waals surface area contributed by atoms with E-state index in [-0.39, 0.29) is 148 Å². The minimum Gasteiger partial charge on any atom is -0.868 e. The Morgan fingerprint density at radius 1 is 0.213 bits per heavy atom. The summed E-state index contributed by atoms with van der Waals surface area (Å²) in [5.74, 6) is 0.588. The summed E-state index contributed by atoms with van der Waals surface area (Å²) in [6, 6.07) is 112. The van der Waals surface area contributed by atoms with Gasteiger partial charge in [-0.25, -0.2) is 44.9 Å². The molecule has 0 aliphatic carbocycles. The van der Waals surface area contributed by atoms with Crippen molar-refractivity contribution in [2.45, 2.75) is 0 Å². The van der Waals surface area contributed by atoms with Crippen molar-refractivity contribution in [3.63, 3.8) is 0 Å². The molecule has 0 radical (unpaired) electrons. The second-order valence-corrected chi connectivity index (χ2v) is 34.6. The van der Waals surface area contributed by atoms with Crippen LogP contribution in [0.25, 0.3) is 263 Å². The van der Waals surface area contributed by atoms with E-state index < -0.39 is 0 Å². The Bertz CT molecular complexity index is 9250. The standard InChI is InChI=1S/2C39H23N3O3.C39H23N3O2S.6Li/c43-37-28(17-13-22-7-5-19-40-35(22)37)33-25-9-1-2-10-26(25)34(29-18-14-23-8-6-20-41-36(23)38(29)44)30-21-24(15-16-27(30)33)39-42-31-11-3-4-12-32(31)45-39;43-32-17-15-25(28-9-5-19-40-37(28)32)35-23-7-1-2-8-24(23)36(26-16-18-33(44)38-29(26)10-6-20-41-38)30-21-22(13-14-27(30)35)39-42-31-11-3-4-12-34(31)45-39;43-37-28(17-13-22-7-5-19-40-35(22)37)33-25-9-1-2-10-26(25)34(29-18-14-23-8-6-20-41-36(23)38(29)44)30-21-24(15-16-27(30)33)39-42-31-11-3-4-12-32(31)45-39;;;;;;/h3*1-21,43-44H;;;;;;/q;;;6*+1. The number of aromatic nitrogens is 9. The molecule has 0 fully saturated rings. The number of nitrogens with one attached hydrogen (secondary N) is 6. The molecular weight excluding hydrogens is 1730 g/mol. The van der Waals surface area contributed by atoms with E-state index in [1.165, 1.54) is 0 Å². The summed E-state index contributed by atoms with van der Waals surface area (Å²) in [6.07, 6.45) is 10.7. The minimum absolute atomic E-state index is 0. The van der Waals surface area contributed by atoms with Gasteiger partial charge in [0.25, 0.3) is 0 Å². The van der Waals surface area contributed by atoms with E-state index in [1.807, 2.05) is 285 Å². The van der Waals surface area contributed by atoms with Crippen molar-refractivity contribution in [1.82, 2.24) is 15.0 Å². The van der Waals surface area contributed by atoms with E-state index in [9.17, 15) is 30.6 Å². The maximum absolute atomic E-state index is 14.1. The number of para-hydroxylation sites is 5. The number of thiazole rings is 1. The van der Waals surface area contributed by atoms with Gasteiger partial charge < -0.3 is 39.5 Å². The second kappa shape index (κ2) is 39.1. The largest absolute Gasteiger partial charge is 1.00 e. The Morgan fingerprint density at radius 3 is 0.837 bits per heavy atom. The van der Waals surface area contributed by atoms with Crippen LogP contribution in [0, 0.1) is 0 Å². The molecule has 141 heavy (non-hydrogen) atoms. The van der Waals surface area contributed by atoms with Gasteiger partial charge in [0, 0.05) is 74.6 Å². The van der Waals surface area contributed by atoms with Gasteiger partial charge in [-0.3, -0.25) is 0 Å². The van der Waals surface area contributed by atoms with E-state index in [0.717, 1.165) is 190 Å². The molecule has 0 saturated heterocycles. The Morgan fingerprint density at radius 2 is 0.482 bits per heavy atom. The molecule has 9 aromatic heterocycles. The number of H-pyrrole nitrogens is 6. The molecule has 636 valence electrons. The fourth-order valence-electron chi connectivity index (χ4n) is 20.0. The van der Waals surface area contributed by atoms with Gasteiger partial charge in [0.05, 0.1) is 21.0 Å². The molecule has 0 unspecified atom stereocenters. The van der Waals surface area contributed by atoms with E-state index in [0.29, 0.717) is 72.7 Å². The molecular formula is C117H69Li6N9O8S+6. The molecule has 18 aromatic carbocycles. The molecule has 0 aliphatic heterocycles. The van der Waals surface area contributed by atoms with Crippen LogP contribution >= 0.6 is 11.3 Å². The van der Waals surface area contributed by atoms with Gasteiger partial charge in [-0.15, -0.1) is 11.3 Å². The van der Waals surface area contributed by atoms with Gasteiger partial charge in [0.1, 0.15) is 16.0 Å². The summed E-state index contributed by atoms with van der Waals surface area (Å²) in [5.41, 5.74) is 19.4. The molecule has 17 nitrogen and oxygen atoms in total. The zero-order valence-electron chi connectivity index (χ0n) is 77.4.